The summed E-state index contributed by atoms with van der Waals surface area (Å²) in [6.45, 7) is 6.83. The molecule has 2 aromatic carbocycles. The van der Waals surface area contributed by atoms with Crippen LogP contribution in [-0.4, -0.2) is 40.2 Å². The fourth-order valence-electron chi connectivity index (χ4n) is 4.43. The van der Waals surface area contributed by atoms with E-state index in [-0.39, 0.29) is 24.4 Å². The van der Waals surface area contributed by atoms with Crippen LogP contribution in [0.4, 0.5) is 0 Å². The number of hydrogen-bond acceptors (Lipinski definition) is 4. The fraction of sp³-hybridized carbons (Fsp3) is 0.500. The number of carboxylic acid groups (broad SMARTS) is 1. The highest BCUT2D eigenvalue weighted by molar-refractivity contribution is 7.97. The quantitative estimate of drug-likeness (QED) is 0.249. The van der Waals surface area contributed by atoms with E-state index in [0.29, 0.717) is 17.4 Å². The third-order valence-corrected chi connectivity index (χ3v) is 7.36. The molecule has 5 nitrogen and oxygen atoms in total. The molecule has 4 rings (SSSR count). The summed E-state index contributed by atoms with van der Waals surface area (Å²) in [6.07, 6.45) is 3.57. The highest BCUT2D eigenvalue weighted by Crippen LogP contribution is 2.43. The Morgan fingerprint density at radius 3 is 2.14 bits per heavy atom. The number of nitrogens with zero attached hydrogens (tertiary/aromatic N) is 1. The van der Waals surface area contributed by atoms with Gasteiger partial charge >= 0.3 is 5.97 Å². The minimum Gasteiger partial charge on any atom is -0.481 e. The van der Waals surface area contributed by atoms with Crippen LogP contribution >= 0.6 is 35.1 Å². The number of benzene rings is 2. The summed E-state index contributed by atoms with van der Waals surface area (Å²) in [6, 6.07) is 17.2. The molecule has 2 aliphatic rings. The molecule has 8 heteroatoms. The summed E-state index contributed by atoms with van der Waals surface area (Å²) in [5.41, 5.74) is 1.08. The van der Waals surface area contributed by atoms with Gasteiger partial charge in [-0.15, -0.1) is 0 Å². The van der Waals surface area contributed by atoms with E-state index in [2.05, 4.69) is 11.6 Å². The van der Waals surface area contributed by atoms with E-state index in [0.717, 1.165) is 42.1 Å². The minimum atomic E-state index is -0.902. The molecule has 2 fully saturated rings. The van der Waals surface area contributed by atoms with Gasteiger partial charge in [-0.25, -0.2) is 0 Å². The van der Waals surface area contributed by atoms with Gasteiger partial charge in [-0.05, 0) is 61.4 Å². The maximum atomic E-state index is 13.3. The van der Waals surface area contributed by atoms with Crippen LogP contribution in [-0.2, 0) is 9.59 Å². The maximum absolute atomic E-state index is 13.3. The van der Waals surface area contributed by atoms with Crippen molar-refractivity contribution in [1.82, 2.24) is 9.62 Å². The highest BCUT2D eigenvalue weighted by atomic mass is 35.5. The second-order valence-electron chi connectivity index (χ2n) is 8.67. The fourth-order valence-corrected chi connectivity index (χ4v) is 5.19. The number of nitrogens with one attached hydrogen (secondary N) is 1. The Hall–Kier alpha value is -1.73. The first-order chi connectivity index (χ1) is 17.4. The van der Waals surface area contributed by atoms with E-state index in [1.807, 2.05) is 73.3 Å². The molecule has 0 radical (unpaired) electrons. The van der Waals surface area contributed by atoms with Crippen LogP contribution in [0.2, 0.25) is 10.0 Å². The summed E-state index contributed by atoms with van der Waals surface area (Å²) in [5, 5.41) is 10.7. The lowest BCUT2D eigenvalue weighted by Gasteiger charge is -2.44. The summed E-state index contributed by atoms with van der Waals surface area (Å²) in [5.74, 6) is 0.126. The van der Waals surface area contributed by atoms with Crippen molar-refractivity contribution >= 4 is 47.0 Å². The van der Waals surface area contributed by atoms with Crippen molar-refractivity contribution < 1.29 is 14.7 Å². The van der Waals surface area contributed by atoms with E-state index in [4.69, 9.17) is 23.2 Å². The number of amides is 1. The molecule has 0 aromatic heterocycles. The van der Waals surface area contributed by atoms with E-state index in [1.54, 1.807) is 11.9 Å². The van der Waals surface area contributed by atoms with E-state index >= 15 is 0 Å². The molecule has 3 atom stereocenters. The lowest BCUT2D eigenvalue weighted by atomic mass is 9.84. The highest BCUT2D eigenvalue weighted by Gasteiger charge is 2.45. The number of likely N-dealkylation sites (tertiary alicyclic amines) is 1. The third kappa shape index (κ3) is 9.62. The van der Waals surface area contributed by atoms with Crippen LogP contribution < -0.4 is 4.72 Å². The Bertz CT molecular complexity index is 926. The van der Waals surface area contributed by atoms with Crippen LogP contribution in [0.25, 0.3) is 0 Å². The zero-order valence-corrected chi connectivity index (χ0v) is 23.7. The number of carbonyl (C=O) groups is 2. The third-order valence-electron chi connectivity index (χ3n) is 6.20. The van der Waals surface area contributed by atoms with E-state index in [1.165, 1.54) is 0 Å². The van der Waals surface area contributed by atoms with Gasteiger partial charge in [0.15, 0.2) is 0 Å². The molecular weight excluding hydrogens is 515 g/mol. The molecule has 0 spiro atoms. The average molecular weight is 554 g/mol. The largest absolute Gasteiger partial charge is 0.481 e. The molecule has 1 aliphatic heterocycles. The molecule has 1 unspecified atom stereocenters. The molecule has 1 saturated carbocycles. The number of rotatable bonds is 9. The lowest BCUT2D eigenvalue weighted by molar-refractivity contribution is -0.151. The average Bonchev–Trinajstić information content (AvgIpc) is 3.72. The monoisotopic (exact) mass is 552 g/mol. The lowest BCUT2D eigenvalue weighted by Crippen LogP contribution is -2.53. The number of aliphatic carboxylic acids is 1. The minimum absolute atomic E-state index is 0.0104. The molecule has 0 bridgehead atoms. The first-order valence-electron chi connectivity index (χ1n) is 12.7. The maximum Gasteiger partial charge on any atom is 0.304 e. The van der Waals surface area contributed by atoms with Crippen molar-refractivity contribution in [3.63, 3.8) is 0 Å². The second-order valence-corrected chi connectivity index (χ2v) is 10.7. The summed E-state index contributed by atoms with van der Waals surface area (Å²) < 4.78 is 3.40. The Balaban J connectivity index is 0.000000431. The van der Waals surface area contributed by atoms with Crippen LogP contribution in [0, 0.1) is 11.8 Å². The van der Waals surface area contributed by atoms with Crippen LogP contribution in [0.15, 0.2) is 54.6 Å². The van der Waals surface area contributed by atoms with E-state index < -0.39 is 11.9 Å². The summed E-state index contributed by atoms with van der Waals surface area (Å²) in [4.78, 5) is 26.6. The number of carboxylic acids is 1. The summed E-state index contributed by atoms with van der Waals surface area (Å²) in [7, 11) is 0. The Morgan fingerprint density at radius 1 is 1.03 bits per heavy atom. The summed E-state index contributed by atoms with van der Waals surface area (Å²) >= 11 is 13.2. The number of hydrogen-bond donors (Lipinski definition) is 2. The Labute approximate surface area is 230 Å². The number of carbonyl (C=O) groups excluding carboxylic acids is 1. The van der Waals surface area contributed by atoms with Gasteiger partial charge in [0.1, 0.15) is 0 Å². The molecule has 2 aromatic rings. The van der Waals surface area contributed by atoms with Crippen molar-refractivity contribution in [2.45, 2.75) is 65.0 Å². The Morgan fingerprint density at radius 2 is 1.64 bits per heavy atom. The van der Waals surface area contributed by atoms with Gasteiger partial charge in [-0.3, -0.25) is 14.3 Å². The number of halogens is 2. The van der Waals surface area contributed by atoms with Gasteiger partial charge in [-0.1, -0.05) is 86.3 Å². The van der Waals surface area contributed by atoms with Gasteiger partial charge in [0.05, 0.1) is 12.5 Å². The molecule has 1 amide bonds. The SMILES string of the molecule is CC.CCSNCC(C1CC1)N1C(=O)[C@@H](CC(=O)O)CC[C@H]1c1ccc(Cl)cc1.Clc1ccccc1. The molecule has 36 heavy (non-hydrogen) atoms. The predicted octanol–water partition coefficient (Wildman–Crippen LogP) is 7.50. The van der Waals surface area contributed by atoms with Crippen molar-refractivity contribution in [3.05, 3.63) is 70.2 Å². The standard InChI is InChI=1S/C20H27ClN2O3S.C6H5Cl.C2H6/c1-2-27-22-12-18(14-3-4-14)23-17(13-5-8-16(21)9-6-13)10-7-15(20(23)26)11-19(24)25;7-6-4-2-1-3-5-6;1-2/h5-6,8-9,14-15,17-18,22H,2-4,7,10-12H2,1H3,(H,24,25);1-5H;1-2H3/t15-,17+,18?;;/m1../s1. The first kappa shape index (κ1) is 30.5. The zero-order valence-electron chi connectivity index (χ0n) is 21.3. The van der Waals surface area contributed by atoms with Crippen molar-refractivity contribution in [3.8, 4) is 0 Å². The Kier molecular flexibility index (Phi) is 13.7. The van der Waals surface area contributed by atoms with Crippen LogP contribution in [0.1, 0.15) is 64.5 Å². The first-order valence-corrected chi connectivity index (χ1v) is 14.5. The number of piperidine rings is 1. The molecule has 1 aliphatic carbocycles. The van der Waals surface area contributed by atoms with Crippen LogP contribution in [0.3, 0.4) is 0 Å². The molecule has 2 N–H and O–H groups in total. The molecule has 198 valence electrons. The van der Waals surface area contributed by atoms with Gasteiger partial charge in [0.25, 0.3) is 0 Å². The normalized spacial score (nSPS) is 19.9. The molecule has 1 heterocycles. The van der Waals surface area contributed by atoms with Gasteiger partial charge < -0.3 is 10.0 Å². The van der Waals surface area contributed by atoms with Crippen molar-refractivity contribution in [1.29, 1.82) is 0 Å². The van der Waals surface area contributed by atoms with Gasteiger partial charge in [-0.2, -0.15) is 0 Å². The van der Waals surface area contributed by atoms with Gasteiger partial charge in [0.2, 0.25) is 5.91 Å². The topological polar surface area (TPSA) is 69.6 Å². The molecular formula is C28H38Cl2N2O3S. The predicted molar refractivity (Wildman–Crippen MR) is 151 cm³/mol. The van der Waals surface area contributed by atoms with Gasteiger partial charge in [0, 0.05) is 34.3 Å². The molecule has 1 saturated heterocycles. The smallest absolute Gasteiger partial charge is 0.304 e. The van der Waals surface area contributed by atoms with Crippen LogP contribution in [0.5, 0.6) is 0 Å². The second kappa shape index (κ2) is 16.2. The van der Waals surface area contributed by atoms with Crippen molar-refractivity contribution in [2.75, 3.05) is 12.3 Å². The van der Waals surface area contributed by atoms with E-state index in [9.17, 15) is 14.7 Å². The van der Waals surface area contributed by atoms with Crippen molar-refractivity contribution in [2.24, 2.45) is 11.8 Å². The zero-order chi connectivity index (χ0) is 26.5.